The van der Waals surface area contributed by atoms with Crippen LogP contribution in [0, 0.1) is 16.0 Å². The highest BCUT2D eigenvalue weighted by Gasteiger charge is 2.15. The average molecular weight is 343 g/mol. The van der Waals surface area contributed by atoms with Gasteiger partial charge in [0.25, 0.3) is 5.69 Å². The van der Waals surface area contributed by atoms with Crippen molar-refractivity contribution >= 4 is 17.6 Å². The number of esters is 2. The third-order valence-corrected chi connectivity index (χ3v) is 3.12. The van der Waals surface area contributed by atoms with Crippen LogP contribution >= 0.6 is 0 Å². The fraction of sp³-hybridized carbons (Fsp3) is 0.222. The van der Waals surface area contributed by atoms with Crippen molar-refractivity contribution in [3.8, 4) is 5.75 Å². The second-order valence-electron chi connectivity index (χ2n) is 5.72. The number of benzene rings is 2. The van der Waals surface area contributed by atoms with E-state index in [0.29, 0.717) is 0 Å². The van der Waals surface area contributed by atoms with Gasteiger partial charge >= 0.3 is 11.9 Å². The van der Waals surface area contributed by atoms with Crippen molar-refractivity contribution < 1.29 is 24.0 Å². The van der Waals surface area contributed by atoms with Gasteiger partial charge < -0.3 is 9.47 Å². The quantitative estimate of drug-likeness (QED) is 0.344. The molecule has 0 saturated heterocycles. The number of carbonyl (C=O) groups is 2. The summed E-state index contributed by atoms with van der Waals surface area (Å²) in [5, 5.41) is 10.8. The molecule has 0 aliphatic carbocycles. The molecule has 0 aliphatic rings. The van der Waals surface area contributed by atoms with Crippen molar-refractivity contribution in [1.29, 1.82) is 0 Å². The average Bonchev–Trinajstić information content (AvgIpc) is 2.59. The molecule has 0 aliphatic heterocycles. The summed E-state index contributed by atoms with van der Waals surface area (Å²) >= 11 is 0. The number of hydrogen-bond acceptors (Lipinski definition) is 6. The van der Waals surface area contributed by atoms with Crippen molar-refractivity contribution in [2.45, 2.75) is 13.8 Å². The van der Waals surface area contributed by atoms with Gasteiger partial charge in [0.15, 0.2) is 0 Å². The molecular weight excluding hydrogens is 326 g/mol. The maximum absolute atomic E-state index is 12.1. The Morgan fingerprint density at radius 3 is 2.32 bits per heavy atom. The molecule has 0 amide bonds. The number of non-ortho nitro benzene ring substituents is 1. The van der Waals surface area contributed by atoms with Gasteiger partial charge in [-0.2, -0.15) is 0 Å². The van der Waals surface area contributed by atoms with Gasteiger partial charge in [-0.3, -0.25) is 10.1 Å². The number of carbonyl (C=O) groups excluding carboxylic acids is 2. The minimum absolute atomic E-state index is 0.0435. The molecule has 2 rings (SSSR count). The zero-order chi connectivity index (χ0) is 18.4. The molecule has 0 unspecified atom stereocenters. The van der Waals surface area contributed by atoms with Crippen LogP contribution in [-0.4, -0.2) is 23.5 Å². The van der Waals surface area contributed by atoms with Crippen LogP contribution in [-0.2, 0) is 4.74 Å². The standard InChI is InChI=1S/C18H17NO6/c1-12(2)11-24-17(20)14-6-4-8-16(10-14)25-18(21)13-5-3-7-15(9-13)19(22)23/h3-10,12H,11H2,1-2H3. The molecule has 2 aromatic rings. The van der Waals surface area contributed by atoms with Crippen molar-refractivity contribution in [1.82, 2.24) is 0 Å². The van der Waals surface area contributed by atoms with Crippen LogP contribution in [0.5, 0.6) is 5.75 Å². The topological polar surface area (TPSA) is 95.7 Å². The second-order valence-corrected chi connectivity index (χ2v) is 5.72. The molecule has 7 heteroatoms. The number of nitrogens with zero attached hydrogens (tertiary/aromatic N) is 1. The summed E-state index contributed by atoms with van der Waals surface area (Å²) in [7, 11) is 0. The van der Waals surface area contributed by atoms with E-state index >= 15 is 0 Å². The monoisotopic (exact) mass is 343 g/mol. The van der Waals surface area contributed by atoms with E-state index in [1.807, 2.05) is 13.8 Å². The lowest BCUT2D eigenvalue weighted by Crippen LogP contribution is -2.12. The van der Waals surface area contributed by atoms with E-state index in [0.717, 1.165) is 6.07 Å². The van der Waals surface area contributed by atoms with Crippen LogP contribution in [0.1, 0.15) is 34.6 Å². The van der Waals surface area contributed by atoms with Crippen LogP contribution in [0.25, 0.3) is 0 Å². The smallest absolute Gasteiger partial charge is 0.343 e. The van der Waals surface area contributed by atoms with Crippen LogP contribution in [0.4, 0.5) is 5.69 Å². The van der Waals surface area contributed by atoms with Crippen LogP contribution in [0.2, 0.25) is 0 Å². The lowest BCUT2D eigenvalue weighted by atomic mass is 10.2. The first-order chi connectivity index (χ1) is 11.9. The Morgan fingerprint density at radius 2 is 1.68 bits per heavy atom. The zero-order valence-electron chi connectivity index (χ0n) is 13.8. The van der Waals surface area contributed by atoms with Gasteiger partial charge in [0.05, 0.1) is 22.7 Å². The van der Waals surface area contributed by atoms with Gasteiger partial charge in [-0.05, 0) is 30.2 Å². The van der Waals surface area contributed by atoms with E-state index in [9.17, 15) is 19.7 Å². The molecule has 0 aromatic heterocycles. The van der Waals surface area contributed by atoms with Crippen LogP contribution in [0.3, 0.4) is 0 Å². The first-order valence-electron chi connectivity index (χ1n) is 7.60. The summed E-state index contributed by atoms with van der Waals surface area (Å²) in [6.07, 6.45) is 0. The summed E-state index contributed by atoms with van der Waals surface area (Å²) < 4.78 is 10.3. The molecule has 0 N–H and O–H groups in total. The van der Waals surface area contributed by atoms with E-state index in [-0.39, 0.29) is 35.1 Å². The van der Waals surface area contributed by atoms with Crippen molar-refractivity contribution in [2.75, 3.05) is 6.61 Å². The van der Waals surface area contributed by atoms with Crippen LogP contribution in [0.15, 0.2) is 48.5 Å². The number of nitro benzene ring substituents is 1. The fourth-order valence-electron chi connectivity index (χ4n) is 1.92. The van der Waals surface area contributed by atoms with E-state index < -0.39 is 16.9 Å². The Hall–Kier alpha value is -3.22. The van der Waals surface area contributed by atoms with Gasteiger partial charge in [-0.25, -0.2) is 9.59 Å². The number of nitro groups is 1. The van der Waals surface area contributed by atoms with E-state index in [1.54, 1.807) is 12.1 Å². The summed E-state index contributed by atoms with van der Waals surface area (Å²) in [6, 6.07) is 11.2. The third kappa shape index (κ3) is 5.13. The molecule has 130 valence electrons. The molecule has 25 heavy (non-hydrogen) atoms. The van der Waals surface area contributed by atoms with Crippen molar-refractivity contribution in [3.05, 3.63) is 69.8 Å². The maximum Gasteiger partial charge on any atom is 0.343 e. The molecule has 0 fully saturated rings. The Balaban J connectivity index is 2.11. The minimum Gasteiger partial charge on any atom is -0.462 e. The minimum atomic E-state index is -0.753. The van der Waals surface area contributed by atoms with Gasteiger partial charge in [0, 0.05) is 12.1 Å². The van der Waals surface area contributed by atoms with E-state index in [2.05, 4.69) is 0 Å². The van der Waals surface area contributed by atoms with Crippen molar-refractivity contribution in [3.63, 3.8) is 0 Å². The Bertz CT molecular complexity index is 800. The Morgan fingerprint density at radius 1 is 1.04 bits per heavy atom. The first-order valence-corrected chi connectivity index (χ1v) is 7.60. The largest absolute Gasteiger partial charge is 0.462 e. The highest BCUT2D eigenvalue weighted by molar-refractivity contribution is 5.93. The summed E-state index contributed by atoms with van der Waals surface area (Å²) in [5.74, 6) is -0.910. The highest BCUT2D eigenvalue weighted by atomic mass is 16.6. The number of rotatable bonds is 6. The fourth-order valence-corrected chi connectivity index (χ4v) is 1.92. The molecule has 0 saturated carbocycles. The van der Waals surface area contributed by atoms with Gasteiger partial charge in [0.1, 0.15) is 5.75 Å². The molecule has 2 aromatic carbocycles. The number of hydrogen-bond donors (Lipinski definition) is 0. The predicted molar refractivity (Wildman–Crippen MR) is 89.6 cm³/mol. The first kappa shape index (κ1) is 18.1. The molecule has 0 radical (unpaired) electrons. The molecule has 0 bridgehead atoms. The highest BCUT2D eigenvalue weighted by Crippen LogP contribution is 2.18. The van der Waals surface area contributed by atoms with Crippen LogP contribution < -0.4 is 4.74 Å². The number of ether oxygens (including phenoxy) is 2. The van der Waals surface area contributed by atoms with E-state index in [4.69, 9.17) is 9.47 Å². The zero-order valence-corrected chi connectivity index (χ0v) is 13.8. The molecule has 7 nitrogen and oxygen atoms in total. The Kier molecular flexibility index (Phi) is 5.84. The van der Waals surface area contributed by atoms with Crippen molar-refractivity contribution in [2.24, 2.45) is 5.92 Å². The maximum atomic E-state index is 12.1. The van der Waals surface area contributed by atoms with E-state index in [1.165, 1.54) is 30.3 Å². The summed E-state index contributed by atoms with van der Waals surface area (Å²) in [5.41, 5.74) is 0.0902. The van der Waals surface area contributed by atoms with Gasteiger partial charge in [0.2, 0.25) is 0 Å². The normalized spacial score (nSPS) is 10.4. The summed E-state index contributed by atoms with van der Waals surface area (Å²) in [6.45, 7) is 4.13. The predicted octanol–water partition coefficient (Wildman–Crippen LogP) is 3.63. The Labute approximate surface area is 144 Å². The molecular formula is C18H17NO6. The third-order valence-electron chi connectivity index (χ3n) is 3.12. The molecule has 0 spiro atoms. The second kappa shape index (κ2) is 8.05. The van der Waals surface area contributed by atoms with Gasteiger partial charge in [-0.1, -0.05) is 26.0 Å². The van der Waals surface area contributed by atoms with Gasteiger partial charge in [-0.15, -0.1) is 0 Å². The summed E-state index contributed by atoms with van der Waals surface area (Å²) in [4.78, 5) is 34.2. The lowest BCUT2D eigenvalue weighted by molar-refractivity contribution is -0.384. The molecule has 0 atom stereocenters. The molecule has 0 heterocycles. The lowest BCUT2D eigenvalue weighted by Gasteiger charge is -2.08. The SMILES string of the molecule is CC(C)COC(=O)c1cccc(OC(=O)c2cccc([N+](=O)[O-])c2)c1.